The summed E-state index contributed by atoms with van der Waals surface area (Å²) in [6, 6.07) is 6.95. The lowest BCUT2D eigenvalue weighted by Gasteiger charge is -2.06. The van der Waals surface area contributed by atoms with E-state index in [0.29, 0.717) is 17.5 Å². The predicted molar refractivity (Wildman–Crippen MR) is 77.5 cm³/mol. The summed E-state index contributed by atoms with van der Waals surface area (Å²) >= 11 is 0. The number of Topliss-reactive ketones (excluding diaryl/α,β-unsaturated/α-hetero) is 2. The van der Waals surface area contributed by atoms with Crippen molar-refractivity contribution < 1.29 is 9.59 Å². The minimum absolute atomic E-state index is 0.0499. The summed E-state index contributed by atoms with van der Waals surface area (Å²) in [5.41, 5.74) is 6.35. The molecular formula is C16H23NO2. The van der Waals surface area contributed by atoms with Crippen molar-refractivity contribution in [3.63, 3.8) is 0 Å². The van der Waals surface area contributed by atoms with Crippen molar-refractivity contribution in [1.29, 1.82) is 0 Å². The van der Waals surface area contributed by atoms with Gasteiger partial charge in [-0.05, 0) is 6.42 Å². The highest BCUT2D eigenvalue weighted by molar-refractivity contribution is 6.09. The number of nitrogens with two attached hydrogens (primary N) is 1. The average Bonchev–Trinajstić information content (AvgIpc) is 2.46. The van der Waals surface area contributed by atoms with Crippen molar-refractivity contribution in [2.45, 2.75) is 45.4 Å². The number of hydrogen-bond donors (Lipinski definition) is 1. The van der Waals surface area contributed by atoms with Crippen LogP contribution in [0.15, 0.2) is 24.3 Å². The molecular weight excluding hydrogens is 238 g/mol. The minimum Gasteiger partial charge on any atom is -0.324 e. The highest BCUT2D eigenvalue weighted by Gasteiger charge is 2.14. The van der Waals surface area contributed by atoms with E-state index in [1.54, 1.807) is 24.3 Å². The molecule has 0 aromatic heterocycles. The van der Waals surface area contributed by atoms with Crippen LogP contribution in [0.3, 0.4) is 0 Å². The van der Waals surface area contributed by atoms with E-state index in [1.165, 1.54) is 19.3 Å². The maximum atomic E-state index is 12.1. The molecule has 0 atom stereocenters. The summed E-state index contributed by atoms with van der Waals surface area (Å²) in [6.07, 6.45) is 6.07. The molecule has 3 nitrogen and oxygen atoms in total. The molecule has 0 bridgehead atoms. The summed E-state index contributed by atoms with van der Waals surface area (Å²) in [6.45, 7) is 2.11. The summed E-state index contributed by atoms with van der Waals surface area (Å²) in [5, 5.41) is 0. The maximum Gasteiger partial charge on any atom is 0.177 e. The molecule has 2 N–H and O–H groups in total. The Balaban J connectivity index is 2.59. The number of unbranched alkanes of at least 4 members (excludes halogenated alkanes) is 4. The average molecular weight is 261 g/mol. The summed E-state index contributed by atoms with van der Waals surface area (Å²) in [4.78, 5) is 23.8. The molecule has 0 fully saturated rings. The van der Waals surface area contributed by atoms with Gasteiger partial charge >= 0.3 is 0 Å². The van der Waals surface area contributed by atoms with Gasteiger partial charge in [0, 0.05) is 17.5 Å². The molecule has 0 heterocycles. The van der Waals surface area contributed by atoms with Crippen molar-refractivity contribution in [3.05, 3.63) is 35.4 Å². The van der Waals surface area contributed by atoms with Crippen LogP contribution >= 0.6 is 0 Å². The minimum atomic E-state index is -0.171. The van der Waals surface area contributed by atoms with Crippen LogP contribution in [0.25, 0.3) is 0 Å². The summed E-state index contributed by atoms with van der Waals surface area (Å²) in [5.74, 6) is -0.121. The Bertz CT molecular complexity index is 427. The van der Waals surface area contributed by atoms with Gasteiger partial charge in [0.25, 0.3) is 0 Å². The molecule has 1 aromatic carbocycles. The van der Waals surface area contributed by atoms with Gasteiger partial charge < -0.3 is 5.73 Å². The Morgan fingerprint density at radius 2 is 1.53 bits per heavy atom. The van der Waals surface area contributed by atoms with Crippen LogP contribution < -0.4 is 5.73 Å². The zero-order valence-corrected chi connectivity index (χ0v) is 11.7. The van der Waals surface area contributed by atoms with Gasteiger partial charge in [0.2, 0.25) is 0 Å². The van der Waals surface area contributed by atoms with Crippen LogP contribution in [0.2, 0.25) is 0 Å². The van der Waals surface area contributed by atoms with E-state index in [0.717, 1.165) is 12.8 Å². The van der Waals surface area contributed by atoms with Gasteiger partial charge in [-0.3, -0.25) is 9.59 Å². The first-order valence-corrected chi connectivity index (χ1v) is 7.06. The molecule has 0 aliphatic carbocycles. The molecule has 0 unspecified atom stereocenters. The molecule has 104 valence electrons. The Morgan fingerprint density at radius 1 is 0.947 bits per heavy atom. The largest absolute Gasteiger partial charge is 0.324 e. The molecule has 0 spiro atoms. The van der Waals surface area contributed by atoms with Crippen molar-refractivity contribution >= 4 is 11.6 Å². The third kappa shape index (κ3) is 4.95. The third-order valence-corrected chi connectivity index (χ3v) is 3.22. The summed E-state index contributed by atoms with van der Waals surface area (Å²) in [7, 11) is 0. The van der Waals surface area contributed by atoms with Crippen molar-refractivity contribution in [3.8, 4) is 0 Å². The van der Waals surface area contributed by atoms with Gasteiger partial charge in [0.1, 0.15) is 0 Å². The molecule has 0 amide bonds. The molecule has 19 heavy (non-hydrogen) atoms. The second kappa shape index (κ2) is 8.59. The SMILES string of the molecule is CCCCCCCC(=O)c1ccccc1C(=O)CN. The van der Waals surface area contributed by atoms with E-state index in [9.17, 15) is 9.59 Å². The first kappa shape index (κ1) is 15.6. The number of hydrogen-bond acceptors (Lipinski definition) is 3. The predicted octanol–water partition coefficient (Wildman–Crippen LogP) is 3.37. The quantitative estimate of drug-likeness (QED) is 0.547. The highest BCUT2D eigenvalue weighted by atomic mass is 16.1. The molecule has 1 aromatic rings. The fourth-order valence-corrected chi connectivity index (χ4v) is 2.10. The van der Waals surface area contributed by atoms with E-state index in [2.05, 4.69) is 6.92 Å². The zero-order valence-electron chi connectivity index (χ0n) is 11.7. The lowest BCUT2D eigenvalue weighted by atomic mass is 9.97. The van der Waals surface area contributed by atoms with Crippen molar-refractivity contribution in [2.75, 3.05) is 6.54 Å². The van der Waals surface area contributed by atoms with Gasteiger partial charge in [0.15, 0.2) is 11.6 Å². The van der Waals surface area contributed by atoms with Crippen molar-refractivity contribution in [1.82, 2.24) is 0 Å². The third-order valence-electron chi connectivity index (χ3n) is 3.22. The number of benzene rings is 1. The normalized spacial score (nSPS) is 10.4. The van der Waals surface area contributed by atoms with Crippen molar-refractivity contribution in [2.24, 2.45) is 5.73 Å². The van der Waals surface area contributed by atoms with E-state index in [1.807, 2.05) is 0 Å². The highest BCUT2D eigenvalue weighted by Crippen LogP contribution is 2.14. The van der Waals surface area contributed by atoms with Crippen LogP contribution in [0.4, 0.5) is 0 Å². The number of carbonyl (C=O) groups is 2. The first-order valence-electron chi connectivity index (χ1n) is 7.06. The van der Waals surface area contributed by atoms with E-state index in [-0.39, 0.29) is 18.1 Å². The molecule has 3 heteroatoms. The van der Waals surface area contributed by atoms with Crippen LogP contribution in [-0.4, -0.2) is 18.1 Å². The van der Waals surface area contributed by atoms with Gasteiger partial charge in [-0.15, -0.1) is 0 Å². The molecule has 0 radical (unpaired) electrons. The molecule has 0 saturated carbocycles. The van der Waals surface area contributed by atoms with E-state index in [4.69, 9.17) is 5.73 Å². The molecule has 0 saturated heterocycles. The number of carbonyl (C=O) groups excluding carboxylic acids is 2. The van der Waals surface area contributed by atoms with Gasteiger partial charge in [-0.2, -0.15) is 0 Å². The lowest BCUT2D eigenvalue weighted by molar-refractivity contribution is 0.0955. The fraction of sp³-hybridized carbons (Fsp3) is 0.500. The van der Waals surface area contributed by atoms with Gasteiger partial charge in [0.05, 0.1) is 6.54 Å². The molecule has 0 aliphatic heterocycles. The number of ketones is 2. The monoisotopic (exact) mass is 261 g/mol. The van der Waals surface area contributed by atoms with E-state index >= 15 is 0 Å². The Labute approximate surface area is 115 Å². The second-order valence-electron chi connectivity index (χ2n) is 4.76. The second-order valence-corrected chi connectivity index (χ2v) is 4.76. The smallest absolute Gasteiger partial charge is 0.177 e. The Hall–Kier alpha value is -1.48. The Kier molecular flexibility index (Phi) is 7.04. The molecule has 1 rings (SSSR count). The van der Waals surface area contributed by atoms with Gasteiger partial charge in [-0.25, -0.2) is 0 Å². The topological polar surface area (TPSA) is 60.2 Å². The van der Waals surface area contributed by atoms with Crippen LogP contribution in [0.5, 0.6) is 0 Å². The van der Waals surface area contributed by atoms with Crippen LogP contribution in [-0.2, 0) is 0 Å². The number of rotatable bonds is 9. The van der Waals surface area contributed by atoms with E-state index < -0.39 is 0 Å². The van der Waals surface area contributed by atoms with Crippen LogP contribution in [0.1, 0.15) is 66.2 Å². The van der Waals surface area contributed by atoms with Gasteiger partial charge in [-0.1, -0.05) is 56.9 Å². The maximum absolute atomic E-state index is 12.1. The zero-order chi connectivity index (χ0) is 14.1. The molecule has 0 aliphatic rings. The summed E-state index contributed by atoms with van der Waals surface area (Å²) < 4.78 is 0. The fourth-order valence-electron chi connectivity index (χ4n) is 2.10. The first-order chi connectivity index (χ1) is 9.20. The van der Waals surface area contributed by atoms with Crippen LogP contribution in [0, 0.1) is 0 Å². The Morgan fingerprint density at radius 3 is 2.11 bits per heavy atom. The standard InChI is InChI=1S/C16H23NO2/c1-2-3-4-5-6-11-15(18)13-9-7-8-10-14(13)16(19)12-17/h7-10H,2-6,11-12,17H2,1H3. The lowest BCUT2D eigenvalue weighted by Crippen LogP contribution is -2.17.